The molecule has 2 rings (SSSR count). The van der Waals surface area contributed by atoms with E-state index in [1.807, 2.05) is 27.7 Å². The standard InChI is InChI=1S/C20H34O8/c1-7-23-13(3)25-11-15-14(10-17(21)24-8-2)9-16(26-12-22-6)19-18(15)27-20(4,5)28-19/h10,13,15-16,18-19H,7-9,11-12H2,1-6H3. The summed E-state index contributed by atoms with van der Waals surface area (Å²) in [4.78, 5) is 12.1. The third-order valence-electron chi connectivity index (χ3n) is 4.74. The fourth-order valence-electron chi connectivity index (χ4n) is 3.66. The molecular formula is C20H34O8. The SMILES string of the molecule is CCOC(=O)C=C1CC(OCOC)C2OC(C)(C)OC2C1COC(C)OCC. The Morgan fingerprint density at radius 1 is 1.21 bits per heavy atom. The minimum Gasteiger partial charge on any atom is -0.463 e. The van der Waals surface area contributed by atoms with Crippen molar-refractivity contribution in [2.45, 2.75) is 71.4 Å². The number of carbonyl (C=O) groups is 1. The smallest absolute Gasteiger partial charge is 0.330 e. The normalized spacial score (nSPS) is 31.6. The summed E-state index contributed by atoms with van der Waals surface area (Å²) in [6.07, 6.45) is 0.759. The maximum Gasteiger partial charge on any atom is 0.330 e. The Morgan fingerprint density at radius 2 is 1.93 bits per heavy atom. The van der Waals surface area contributed by atoms with Gasteiger partial charge in [0.2, 0.25) is 0 Å². The van der Waals surface area contributed by atoms with Gasteiger partial charge in [0.05, 0.1) is 25.4 Å². The van der Waals surface area contributed by atoms with Crippen LogP contribution in [0.1, 0.15) is 41.0 Å². The molecular weight excluding hydrogens is 368 g/mol. The molecule has 5 unspecified atom stereocenters. The van der Waals surface area contributed by atoms with E-state index in [2.05, 4.69) is 0 Å². The van der Waals surface area contributed by atoms with Crippen LogP contribution in [0.4, 0.5) is 0 Å². The van der Waals surface area contributed by atoms with Crippen LogP contribution in [0.15, 0.2) is 11.6 Å². The zero-order chi connectivity index (χ0) is 20.7. The van der Waals surface area contributed by atoms with Gasteiger partial charge in [-0.05, 0) is 41.0 Å². The minimum absolute atomic E-state index is 0.132. The maximum absolute atomic E-state index is 12.1. The third kappa shape index (κ3) is 6.23. The second-order valence-electron chi connectivity index (χ2n) is 7.31. The van der Waals surface area contributed by atoms with Crippen LogP contribution in [0.25, 0.3) is 0 Å². The van der Waals surface area contributed by atoms with Gasteiger partial charge in [0.1, 0.15) is 12.9 Å². The van der Waals surface area contributed by atoms with E-state index in [0.29, 0.717) is 26.2 Å². The Morgan fingerprint density at radius 3 is 2.57 bits per heavy atom. The molecule has 5 atom stereocenters. The van der Waals surface area contributed by atoms with Gasteiger partial charge in [-0.1, -0.05) is 5.57 Å². The molecule has 0 radical (unpaired) electrons. The summed E-state index contributed by atoms with van der Waals surface area (Å²) in [5, 5.41) is 0. The highest BCUT2D eigenvalue weighted by molar-refractivity contribution is 5.83. The van der Waals surface area contributed by atoms with Gasteiger partial charge in [0.15, 0.2) is 12.1 Å². The number of hydrogen-bond acceptors (Lipinski definition) is 8. The number of methoxy groups -OCH3 is 1. The van der Waals surface area contributed by atoms with Crippen LogP contribution in [0, 0.1) is 5.92 Å². The summed E-state index contributed by atoms with van der Waals surface area (Å²) in [6.45, 7) is 10.6. The lowest BCUT2D eigenvalue weighted by Crippen LogP contribution is -2.49. The van der Waals surface area contributed by atoms with Gasteiger partial charge >= 0.3 is 5.97 Å². The van der Waals surface area contributed by atoms with Gasteiger partial charge in [-0.25, -0.2) is 4.79 Å². The molecule has 2 fully saturated rings. The Hall–Kier alpha value is -1.03. The summed E-state index contributed by atoms with van der Waals surface area (Å²) in [6, 6.07) is 0. The molecule has 2 aliphatic rings. The number of ether oxygens (including phenoxy) is 7. The van der Waals surface area contributed by atoms with E-state index < -0.39 is 5.79 Å². The van der Waals surface area contributed by atoms with Gasteiger partial charge in [0.25, 0.3) is 0 Å². The number of hydrogen-bond donors (Lipinski definition) is 0. The first-order chi connectivity index (χ1) is 13.3. The molecule has 0 bridgehead atoms. The molecule has 0 aromatic carbocycles. The highest BCUT2D eigenvalue weighted by atomic mass is 16.8. The summed E-state index contributed by atoms with van der Waals surface area (Å²) in [5.74, 6) is -1.32. The lowest BCUT2D eigenvalue weighted by Gasteiger charge is -2.38. The zero-order valence-electron chi connectivity index (χ0n) is 17.8. The average Bonchev–Trinajstić information content (AvgIpc) is 2.94. The first kappa shape index (κ1) is 23.3. The van der Waals surface area contributed by atoms with Crippen molar-refractivity contribution in [3.63, 3.8) is 0 Å². The van der Waals surface area contributed by atoms with Crippen LogP contribution in [0.5, 0.6) is 0 Å². The van der Waals surface area contributed by atoms with Crippen molar-refractivity contribution in [2.75, 3.05) is 33.7 Å². The van der Waals surface area contributed by atoms with E-state index in [-0.39, 0.29) is 43.3 Å². The second kappa shape index (κ2) is 10.7. The van der Waals surface area contributed by atoms with Crippen LogP contribution in [-0.4, -0.2) is 70.1 Å². The quantitative estimate of drug-likeness (QED) is 0.313. The lowest BCUT2D eigenvalue weighted by molar-refractivity contribution is -0.168. The zero-order valence-corrected chi connectivity index (χ0v) is 17.8. The highest BCUT2D eigenvalue weighted by Gasteiger charge is 2.53. The van der Waals surface area contributed by atoms with E-state index in [1.54, 1.807) is 14.0 Å². The van der Waals surface area contributed by atoms with E-state index in [4.69, 9.17) is 33.2 Å². The van der Waals surface area contributed by atoms with Crippen LogP contribution < -0.4 is 0 Å². The molecule has 0 spiro atoms. The number of esters is 1. The molecule has 1 saturated heterocycles. The third-order valence-corrected chi connectivity index (χ3v) is 4.74. The molecule has 28 heavy (non-hydrogen) atoms. The van der Waals surface area contributed by atoms with Crippen molar-refractivity contribution in [2.24, 2.45) is 5.92 Å². The molecule has 8 nitrogen and oxygen atoms in total. The molecule has 1 aliphatic heterocycles. The van der Waals surface area contributed by atoms with E-state index in [0.717, 1.165) is 5.57 Å². The topological polar surface area (TPSA) is 81.7 Å². The predicted octanol–water partition coefficient (Wildman–Crippen LogP) is 2.40. The number of carbonyl (C=O) groups excluding carboxylic acids is 1. The lowest BCUT2D eigenvalue weighted by atomic mass is 9.78. The van der Waals surface area contributed by atoms with Gasteiger partial charge < -0.3 is 33.2 Å². The fraction of sp³-hybridized carbons (Fsp3) is 0.850. The van der Waals surface area contributed by atoms with Crippen molar-refractivity contribution >= 4 is 5.97 Å². The number of fused-ring (bicyclic) bond motifs is 1. The van der Waals surface area contributed by atoms with Crippen molar-refractivity contribution in [3.05, 3.63) is 11.6 Å². The second-order valence-corrected chi connectivity index (χ2v) is 7.31. The Balaban J connectivity index is 2.25. The molecule has 1 aliphatic carbocycles. The van der Waals surface area contributed by atoms with Gasteiger partial charge in [0, 0.05) is 25.7 Å². The van der Waals surface area contributed by atoms with Crippen LogP contribution in [-0.2, 0) is 38.0 Å². The molecule has 0 aromatic rings. The summed E-state index contributed by atoms with van der Waals surface area (Å²) in [5.41, 5.74) is 0.853. The monoisotopic (exact) mass is 402 g/mol. The Labute approximate surface area is 167 Å². The maximum atomic E-state index is 12.1. The van der Waals surface area contributed by atoms with Crippen molar-refractivity contribution < 1.29 is 38.0 Å². The highest BCUT2D eigenvalue weighted by Crippen LogP contribution is 2.43. The molecule has 162 valence electrons. The summed E-state index contributed by atoms with van der Waals surface area (Å²) < 4.78 is 39.6. The molecule has 8 heteroatoms. The number of rotatable bonds is 10. The molecule has 1 heterocycles. The van der Waals surface area contributed by atoms with Crippen molar-refractivity contribution in [1.29, 1.82) is 0 Å². The van der Waals surface area contributed by atoms with Crippen molar-refractivity contribution in [1.82, 2.24) is 0 Å². The Bertz CT molecular complexity index is 532. The molecule has 1 saturated carbocycles. The molecule has 0 N–H and O–H groups in total. The van der Waals surface area contributed by atoms with Gasteiger partial charge in [-0.15, -0.1) is 0 Å². The first-order valence-corrected chi connectivity index (χ1v) is 9.87. The van der Waals surface area contributed by atoms with Crippen LogP contribution in [0.3, 0.4) is 0 Å². The van der Waals surface area contributed by atoms with E-state index >= 15 is 0 Å². The fourth-order valence-corrected chi connectivity index (χ4v) is 3.66. The van der Waals surface area contributed by atoms with Gasteiger partial charge in [-0.2, -0.15) is 0 Å². The van der Waals surface area contributed by atoms with Crippen molar-refractivity contribution in [3.8, 4) is 0 Å². The Kier molecular flexibility index (Phi) is 8.85. The van der Waals surface area contributed by atoms with E-state index in [1.165, 1.54) is 6.08 Å². The minimum atomic E-state index is -0.757. The van der Waals surface area contributed by atoms with Crippen LogP contribution >= 0.6 is 0 Å². The summed E-state index contributed by atoms with van der Waals surface area (Å²) >= 11 is 0. The first-order valence-electron chi connectivity index (χ1n) is 9.87. The average molecular weight is 402 g/mol. The summed E-state index contributed by atoms with van der Waals surface area (Å²) in [7, 11) is 1.57. The predicted molar refractivity (Wildman–Crippen MR) is 100 cm³/mol. The molecule has 0 amide bonds. The molecule has 0 aromatic heterocycles. The largest absolute Gasteiger partial charge is 0.463 e. The van der Waals surface area contributed by atoms with Crippen LogP contribution in [0.2, 0.25) is 0 Å². The van der Waals surface area contributed by atoms with Gasteiger partial charge in [-0.3, -0.25) is 0 Å². The van der Waals surface area contributed by atoms with E-state index in [9.17, 15) is 4.79 Å².